The second kappa shape index (κ2) is 9.26. The maximum atomic E-state index is 2.24. The summed E-state index contributed by atoms with van der Waals surface area (Å²) in [5.41, 5.74) is 3.69. The van der Waals surface area contributed by atoms with Crippen molar-refractivity contribution < 1.29 is 17.0 Å². The molecule has 0 bridgehead atoms. The predicted octanol–water partition coefficient (Wildman–Crippen LogP) is 1.01. The van der Waals surface area contributed by atoms with Gasteiger partial charge in [0.15, 0.2) is 12.4 Å². The van der Waals surface area contributed by atoms with E-state index in [1.807, 2.05) is 0 Å². The van der Waals surface area contributed by atoms with Crippen molar-refractivity contribution in [1.82, 2.24) is 0 Å². The molecule has 0 saturated heterocycles. The lowest BCUT2D eigenvalue weighted by atomic mass is 10.1. The van der Waals surface area contributed by atoms with Crippen LogP contribution in [0.15, 0.2) is 48.8 Å². The quantitative estimate of drug-likeness (QED) is 0.722. The molecular formula is C19H25ClN2. The number of hydrogen-bond acceptors (Lipinski definition) is 1. The van der Waals surface area contributed by atoms with Gasteiger partial charge in [-0.15, -0.1) is 0 Å². The van der Waals surface area contributed by atoms with Gasteiger partial charge in [-0.2, -0.15) is 0 Å². The molecule has 3 heteroatoms. The first kappa shape index (κ1) is 18.2. The van der Waals surface area contributed by atoms with Gasteiger partial charge < -0.3 is 17.3 Å². The highest BCUT2D eigenvalue weighted by Gasteiger charge is 1.98. The van der Waals surface area contributed by atoms with Gasteiger partial charge in [-0.25, -0.2) is 4.57 Å². The molecule has 0 aliphatic rings. The van der Waals surface area contributed by atoms with Crippen molar-refractivity contribution in [1.29, 1.82) is 0 Å². The number of anilines is 1. The monoisotopic (exact) mass is 316 g/mol. The molecule has 0 amide bonds. The maximum Gasteiger partial charge on any atom is 0.169 e. The van der Waals surface area contributed by atoms with E-state index < -0.39 is 0 Å². The summed E-state index contributed by atoms with van der Waals surface area (Å²) in [5.74, 6) is 0. The van der Waals surface area contributed by atoms with Crippen LogP contribution in [0.1, 0.15) is 30.9 Å². The normalized spacial score (nSPS) is 10.5. The highest BCUT2D eigenvalue weighted by Crippen LogP contribution is 2.14. The molecule has 0 spiro atoms. The van der Waals surface area contributed by atoms with E-state index in [1.54, 1.807) is 0 Å². The van der Waals surface area contributed by atoms with E-state index in [0.29, 0.717) is 0 Å². The lowest BCUT2D eigenvalue weighted by Crippen LogP contribution is -3.00. The predicted molar refractivity (Wildman–Crippen MR) is 91.2 cm³/mol. The van der Waals surface area contributed by atoms with Crippen molar-refractivity contribution in [3.63, 3.8) is 0 Å². The average Bonchev–Trinajstić information content (AvgIpc) is 2.52. The zero-order chi connectivity index (χ0) is 15.1. The van der Waals surface area contributed by atoms with Crippen molar-refractivity contribution in [3.05, 3.63) is 59.9 Å². The molecule has 118 valence electrons. The SMILES string of the molecule is CCCC[n+]1ccc(C=Cc2ccc(N(C)C)cc2)cc1.[Cl-]. The summed E-state index contributed by atoms with van der Waals surface area (Å²) in [5, 5.41) is 0. The minimum Gasteiger partial charge on any atom is -1.00 e. The van der Waals surface area contributed by atoms with Crippen LogP contribution in [0.2, 0.25) is 0 Å². The Balaban J connectivity index is 0.00000242. The summed E-state index contributed by atoms with van der Waals surface area (Å²) < 4.78 is 2.24. The Labute approximate surface area is 140 Å². The van der Waals surface area contributed by atoms with Crippen molar-refractivity contribution in [2.75, 3.05) is 19.0 Å². The molecular weight excluding hydrogens is 292 g/mol. The Morgan fingerprint density at radius 1 is 0.909 bits per heavy atom. The van der Waals surface area contributed by atoms with Gasteiger partial charge in [0.25, 0.3) is 0 Å². The lowest BCUT2D eigenvalue weighted by molar-refractivity contribution is -0.697. The first-order valence-corrected chi connectivity index (χ1v) is 7.63. The van der Waals surface area contributed by atoms with Crippen LogP contribution in [0, 0.1) is 0 Å². The highest BCUT2D eigenvalue weighted by atomic mass is 35.5. The number of nitrogens with zero attached hydrogens (tertiary/aromatic N) is 2. The first-order valence-electron chi connectivity index (χ1n) is 7.63. The molecule has 0 fully saturated rings. The first-order chi connectivity index (χ1) is 10.2. The average molecular weight is 317 g/mol. The number of pyridine rings is 1. The van der Waals surface area contributed by atoms with E-state index >= 15 is 0 Å². The molecule has 0 unspecified atom stereocenters. The van der Waals surface area contributed by atoms with Crippen LogP contribution in [0.3, 0.4) is 0 Å². The summed E-state index contributed by atoms with van der Waals surface area (Å²) in [6.07, 6.45) is 11.1. The molecule has 0 N–H and O–H groups in total. The van der Waals surface area contributed by atoms with Crippen molar-refractivity contribution in [3.8, 4) is 0 Å². The number of hydrogen-bond donors (Lipinski definition) is 0. The maximum absolute atomic E-state index is 2.24. The molecule has 2 nitrogen and oxygen atoms in total. The van der Waals surface area contributed by atoms with E-state index in [-0.39, 0.29) is 12.4 Å². The van der Waals surface area contributed by atoms with E-state index in [4.69, 9.17) is 0 Å². The number of aromatic nitrogens is 1. The lowest BCUT2D eigenvalue weighted by Gasteiger charge is -2.11. The van der Waals surface area contributed by atoms with E-state index in [1.165, 1.54) is 29.7 Å². The van der Waals surface area contributed by atoms with Gasteiger partial charge in [0.2, 0.25) is 0 Å². The van der Waals surface area contributed by atoms with Crippen LogP contribution in [-0.4, -0.2) is 14.1 Å². The second-order valence-corrected chi connectivity index (χ2v) is 5.54. The number of benzene rings is 1. The number of unbranched alkanes of at least 4 members (excludes halogenated alkanes) is 1. The summed E-state index contributed by atoms with van der Waals surface area (Å²) >= 11 is 0. The minimum absolute atomic E-state index is 0. The largest absolute Gasteiger partial charge is 1.00 e. The van der Waals surface area contributed by atoms with Gasteiger partial charge in [-0.05, 0) is 23.3 Å². The molecule has 1 heterocycles. The molecule has 0 atom stereocenters. The summed E-state index contributed by atoms with van der Waals surface area (Å²) in [4.78, 5) is 2.11. The topological polar surface area (TPSA) is 7.12 Å². The van der Waals surface area contributed by atoms with E-state index in [9.17, 15) is 0 Å². The van der Waals surface area contributed by atoms with Crippen LogP contribution in [0.4, 0.5) is 5.69 Å². The fourth-order valence-electron chi connectivity index (χ4n) is 2.15. The molecule has 2 rings (SSSR count). The fraction of sp³-hybridized carbons (Fsp3) is 0.316. The van der Waals surface area contributed by atoms with Crippen molar-refractivity contribution in [2.45, 2.75) is 26.3 Å². The van der Waals surface area contributed by atoms with E-state index in [2.05, 4.69) is 91.4 Å². The molecule has 0 aliphatic carbocycles. The molecule has 0 aliphatic heterocycles. The smallest absolute Gasteiger partial charge is 0.169 e. The molecule has 1 aromatic carbocycles. The molecule has 0 radical (unpaired) electrons. The second-order valence-electron chi connectivity index (χ2n) is 5.54. The third kappa shape index (κ3) is 5.53. The standard InChI is InChI=1S/C19H25N2.ClH/c1-4-5-14-21-15-12-18(13-16-21)7-6-17-8-10-19(11-9-17)20(2)3;/h6-13,15-16H,4-5,14H2,1-3H3;1H/q+1;/p-1. The van der Waals surface area contributed by atoms with Crippen molar-refractivity contribution >= 4 is 17.8 Å². The van der Waals surface area contributed by atoms with Crippen LogP contribution in [0.5, 0.6) is 0 Å². The Morgan fingerprint density at radius 2 is 1.45 bits per heavy atom. The summed E-state index contributed by atoms with van der Waals surface area (Å²) in [7, 11) is 4.12. The van der Waals surface area contributed by atoms with E-state index in [0.717, 1.165) is 6.54 Å². The molecule has 0 saturated carbocycles. The zero-order valence-corrected chi connectivity index (χ0v) is 14.4. The number of aryl methyl sites for hydroxylation is 1. The van der Waals surface area contributed by atoms with Crippen LogP contribution in [0.25, 0.3) is 12.2 Å². The summed E-state index contributed by atoms with van der Waals surface area (Å²) in [6, 6.07) is 12.9. The molecule has 2 aromatic rings. The highest BCUT2D eigenvalue weighted by molar-refractivity contribution is 5.70. The Kier molecular flexibility index (Phi) is 7.69. The van der Waals surface area contributed by atoms with Gasteiger partial charge in [0.05, 0.1) is 0 Å². The van der Waals surface area contributed by atoms with Crippen LogP contribution >= 0.6 is 0 Å². The Morgan fingerprint density at radius 3 is 1.95 bits per heavy atom. The van der Waals surface area contributed by atoms with Gasteiger partial charge in [-0.1, -0.05) is 37.6 Å². The van der Waals surface area contributed by atoms with Crippen LogP contribution in [-0.2, 0) is 6.54 Å². The van der Waals surface area contributed by atoms with Gasteiger partial charge in [-0.3, -0.25) is 0 Å². The van der Waals surface area contributed by atoms with Gasteiger partial charge >= 0.3 is 0 Å². The number of halogens is 1. The number of rotatable bonds is 6. The summed E-state index contributed by atoms with van der Waals surface area (Å²) in [6.45, 7) is 3.33. The van der Waals surface area contributed by atoms with Crippen LogP contribution < -0.4 is 21.9 Å². The molecule has 22 heavy (non-hydrogen) atoms. The third-order valence-electron chi connectivity index (χ3n) is 3.56. The minimum atomic E-state index is 0. The fourth-order valence-corrected chi connectivity index (χ4v) is 2.15. The van der Waals surface area contributed by atoms with Gasteiger partial charge in [0, 0.05) is 38.3 Å². The van der Waals surface area contributed by atoms with Crippen molar-refractivity contribution in [2.24, 2.45) is 0 Å². The Bertz CT molecular complexity index is 571. The zero-order valence-electron chi connectivity index (χ0n) is 13.7. The third-order valence-corrected chi connectivity index (χ3v) is 3.56. The molecule has 1 aromatic heterocycles. The van der Waals surface area contributed by atoms with Gasteiger partial charge in [0.1, 0.15) is 6.54 Å². The Hall–Kier alpha value is -1.80.